The molecule has 0 aromatic rings. The third-order valence-electron chi connectivity index (χ3n) is 1.01. The molecule has 0 saturated heterocycles. The first-order valence-electron chi connectivity index (χ1n) is 3.12. The van der Waals surface area contributed by atoms with Crippen LogP contribution in [0.15, 0.2) is 0 Å². The first-order valence-corrected chi connectivity index (χ1v) is 3.12. The normalized spacial score (nSPS) is 5.41. The first kappa shape index (κ1) is 44.2. The molecule has 99 valence electrons. The van der Waals surface area contributed by atoms with Crippen LogP contribution in [0.5, 0.6) is 0 Å². The second-order valence-electron chi connectivity index (χ2n) is 2.28. The Balaban J connectivity index is -0.0000000196. The van der Waals surface area contributed by atoms with Crippen molar-refractivity contribution in [2.75, 3.05) is 13.7 Å². The summed E-state index contributed by atoms with van der Waals surface area (Å²) < 4.78 is 27.5. The number of rotatable bonds is 2. The Labute approximate surface area is 114 Å². The molecule has 0 aromatic heterocycles. The molecule has 0 saturated carbocycles. The van der Waals surface area contributed by atoms with E-state index in [2.05, 4.69) is 24.8 Å². The van der Waals surface area contributed by atoms with Crippen molar-refractivity contribution in [3.8, 4) is 0 Å². The molecule has 7 nitrogen and oxygen atoms in total. The summed E-state index contributed by atoms with van der Waals surface area (Å²) >= 11 is 0. The van der Waals surface area contributed by atoms with E-state index in [-0.39, 0.29) is 36.7 Å². The van der Waals surface area contributed by atoms with Crippen LogP contribution in [0.1, 0.15) is 13.8 Å². The summed E-state index contributed by atoms with van der Waals surface area (Å²) in [5.74, 6) is 0. The third-order valence-corrected chi connectivity index (χ3v) is 1.01. The summed E-state index contributed by atoms with van der Waals surface area (Å²) in [6, 6.07) is 0. The predicted molar refractivity (Wildman–Crippen MR) is 51.6 cm³/mol. The van der Waals surface area contributed by atoms with E-state index in [4.69, 9.17) is 25.3 Å². The molecule has 0 aromatic carbocycles. The Morgan fingerprint density at radius 1 is 1.00 bits per heavy atom. The number of methoxy groups -OCH3 is 1. The fourth-order valence-corrected chi connectivity index (χ4v) is 0.255. The molecular formula is C9H15NO6Tc. The van der Waals surface area contributed by atoms with Crippen molar-refractivity contribution in [1.82, 2.24) is 0 Å². The molecule has 0 spiro atoms. The van der Waals surface area contributed by atoms with Gasteiger partial charge in [0.25, 0.3) is 0 Å². The van der Waals surface area contributed by atoms with Gasteiger partial charge in [-0.3, -0.25) is 0 Å². The number of nitrogens with zero attached hydrogens (tertiary/aromatic N) is 1. The SMILES string of the molecule is O.O.[99Tc].[C-]#[N+]CC(C)(C)OC.[C-]#[O+].[C-]#[O+].[C-]#[O+]. The van der Waals surface area contributed by atoms with Crippen LogP contribution in [0.3, 0.4) is 0 Å². The maximum absolute atomic E-state index is 7.50. The van der Waals surface area contributed by atoms with Crippen LogP contribution in [-0.4, -0.2) is 30.2 Å². The van der Waals surface area contributed by atoms with Crippen molar-refractivity contribution >= 4 is 0 Å². The Bertz CT molecular complexity index is 191. The summed E-state index contributed by atoms with van der Waals surface area (Å²) in [6.07, 6.45) is 0. The van der Waals surface area contributed by atoms with Crippen molar-refractivity contribution < 1.29 is 49.8 Å². The molecule has 8 heteroatoms. The zero-order chi connectivity index (χ0) is 12.6. The third kappa shape index (κ3) is 68.6. The molecular weight excluding hydrogens is 317 g/mol. The van der Waals surface area contributed by atoms with E-state index in [1.165, 1.54) is 0 Å². The second kappa shape index (κ2) is 45.5. The van der Waals surface area contributed by atoms with E-state index in [0.717, 1.165) is 0 Å². The van der Waals surface area contributed by atoms with Crippen LogP contribution < -0.4 is 0 Å². The van der Waals surface area contributed by atoms with Crippen LogP contribution in [0.25, 0.3) is 4.85 Å². The number of hydrogen-bond donors (Lipinski definition) is 0. The average molecular weight is 332 g/mol. The Morgan fingerprint density at radius 3 is 1.29 bits per heavy atom. The van der Waals surface area contributed by atoms with Crippen molar-refractivity contribution in [3.05, 3.63) is 31.4 Å². The molecule has 0 aliphatic carbocycles. The van der Waals surface area contributed by atoms with Crippen LogP contribution in [0, 0.1) is 26.5 Å². The molecule has 0 fully saturated rings. The summed E-state index contributed by atoms with van der Waals surface area (Å²) in [7, 11) is 1.62. The number of hydrogen-bond acceptors (Lipinski definition) is 1. The average Bonchev–Trinajstić information content (AvgIpc) is 2.27. The molecule has 0 unspecified atom stereocenters. The van der Waals surface area contributed by atoms with Gasteiger partial charge in [0.05, 0.1) is 0 Å². The molecule has 1 radical (unpaired) electrons. The summed E-state index contributed by atoms with van der Waals surface area (Å²) in [6.45, 7) is 24.2. The molecule has 0 bridgehead atoms. The van der Waals surface area contributed by atoms with Crippen molar-refractivity contribution in [2.45, 2.75) is 19.4 Å². The van der Waals surface area contributed by atoms with E-state index in [1.807, 2.05) is 13.8 Å². The zero-order valence-electron chi connectivity index (χ0n) is 9.67. The topological polar surface area (TPSA) is 136 Å². The molecule has 0 aliphatic rings. The molecule has 0 amide bonds. The summed E-state index contributed by atoms with van der Waals surface area (Å²) in [5, 5.41) is 0. The molecule has 0 atom stereocenters. The van der Waals surface area contributed by atoms with Gasteiger partial charge in [0.1, 0.15) is 5.60 Å². The van der Waals surface area contributed by atoms with Gasteiger partial charge in [0.15, 0.2) is 0 Å². The van der Waals surface area contributed by atoms with Crippen molar-refractivity contribution in [3.63, 3.8) is 0 Å². The van der Waals surface area contributed by atoms with Crippen molar-refractivity contribution in [2.24, 2.45) is 0 Å². The van der Waals surface area contributed by atoms with Gasteiger partial charge in [-0.2, -0.15) is 0 Å². The van der Waals surface area contributed by atoms with E-state index < -0.39 is 0 Å². The van der Waals surface area contributed by atoms with Crippen LogP contribution in [0.4, 0.5) is 0 Å². The Hall–Kier alpha value is -0.761. The summed E-state index contributed by atoms with van der Waals surface area (Å²) in [5.41, 5.74) is -0.262. The zero-order valence-corrected chi connectivity index (χ0v) is 11.5. The van der Waals surface area contributed by atoms with Gasteiger partial charge in [-0.1, -0.05) is 0 Å². The van der Waals surface area contributed by atoms with Gasteiger partial charge in [-0.25, -0.2) is 6.57 Å². The number of ether oxygens (including phenoxy) is 1. The fraction of sp³-hybridized carbons (Fsp3) is 0.556. The van der Waals surface area contributed by atoms with E-state index >= 15 is 0 Å². The van der Waals surface area contributed by atoms with Gasteiger partial charge in [-0.05, 0) is 13.8 Å². The Morgan fingerprint density at radius 2 is 1.24 bits per heavy atom. The van der Waals surface area contributed by atoms with Gasteiger partial charge in [0, 0.05) is 27.2 Å². The Kier molecular flexibility index (Phi) is 118. The molecule has 0 heterocycles. The van der Waals surface area contributed by atoms with E-state index in [9.17, 15) is 0 Å². The molecule has 4 N–H and O–H groups in total. The standard InChI is InChI=1S/C6H11NO.3CO.2H2O.Tc/c1-6(2,8-4)5-7-3;3*1-2;;;/h5H2,1-2,4H3;;;;2*1H2;/i;;;;;;1+1. The molecule has 0 aliphatic heterocycles. The quantitative estimate of drug-likeness (QED) is 0.492. The van der Waals surface area contributed by atoms with E-state index in [1.54, 1.807) is 7.11 Å². The second-order valence-corrected chi connectivity index (χ2v) is 2.28. The van der Waals surface area contributed by atoms with Gasteiger partial charge >= 0.3 is 33.9 Å². The van der Waals surface area contributed by atoms with Crippen LogP contribution in [0.2, 0.25) is 0 Å². The summed E-state index contributed by atoms with van der Waals surface area (Å²) in [4.78, 5) is 3.20. The molecule has 0 rings (SSSR count). The van der Waals surface area contributed by atoms with Crippen LogP contribution >= 0.6 is 0 Å². The minimum absolute atomic E-state index is 0. The molecule has 17 heavy (non-hydrogen) atoms. The van der Waals surface area contributed by atoms with Crippen molar-refractivity contribution in [1.29, 1.82) is 0 Å². The monoisotopic (exact) mass is 332 g/mol. The van der Waals surface area contributed by atoms with E-state index in [0.29, 0.717) is 6.54 Å². The van der Waals surface area contributed by atoms with Gasteiger partial charge in [0.2, 0.25) is 6.54 Å². The van der Waals surface area contributed by atoms with Gasteiger partial charge in [-0.15, -0.1) is 0 Å². The predicted octanol–water partition coefficient (Wildman–Crippen LogP) is -0.434. The first-order chi connectivity index (χ1) is 6.62. The fourth-order valence-electron chi connectivity index (χ4n) is 0.255. The van der Waals surface area contributed by atoms with Crippen LogP contribution in [-0.2, 0) is 38.8 Å². The van der Waals surface area contributed by atoms with Gasteiger partial charge < -0.3 is 20.5 Å². The maximum atomic E-state index is 7.50. The minimum atomic E-state index is -0.262.